The van der Waals surface area contributed by atoms with Gasteiger partial charge in [-0.2, -0.15) is 0 Å². The number of anilines is 1. The third-order valence-corrected chi connectivity index (χ3v) is 7.72. The van der Waals surface area contributed by atoms with Crippen LogP contribution < -0.4 is 10.8 Å². The Kier molecular flexibility index (Phi) is 8.05. The van der Waals surface area contributed by atoms with E-state index < -0.39 is 6.23 Å². The highest BCUT2D eigenvalue weighted by atomic mass is 16.6. The van der Waals surface area contributed by atoms with Crippen molar-refractivity contribution in [2.45, 2.75) is 77.1 Å². The Morgan fingerprint density at radius 1 is 1.03 bits per heavy atom. The average molecular weight is 445 g/mol. The summed E-state index contributed by atoms with van der Waals surface area (Å²) in [6.45, 7) is 7.78. The number of benzene rings is 1. The molecular weight excluding hydrogens is 404 g/mol. The van der Waals surface area contributed by atoms with Crippen molar-refractivity contribution < 1.29 is 14.8 Å². The number of piperidine rings is 1. The van der Waals surface area contributed by atoms with Crippen molar-refractivity contribution in [2.75, 3.05) is 31.2 Å². The van der Waals surface area contributed by atoms with Gasteiger partial charge in [-0.25, -0.2) is 5.90 Å². The maximum Gasteiger partial charge on any atom is 0.174 e. The third-order valence-electron chi connectivity index (χ3n) is 7.72. The molecule has 1 aromatic carbocycles. The number of hydrogen-bond acceptors (Lipinski definition) is 7. The first kappa shape index (κ1) is 23.5. The minimum absolute atomic E-state index is 0.313. The molecule has 32 heavy (non-hydrogen) atoms. The van der Waals surface area contributed by atoms with E-state index in [1.165, 1.54) is 25.7 Å². The maximum absolute atomic E-state index is 11.2. The first-order valence-corrected chi connectivity index (χ1v) is 12.4. The number of nitrogens with zero attached hydrogens (tertiary/aromatic N) is 3. The summed E-state index contributed by atoms with van der Waals surface area (Å²) < 4.78 is 0. The van der Waals surface area contributed by atoms with Crippen LogP contribution in [0.4, 0.5) is 5.69 Å². The molecule has 1 saturated heterocycles. The standard InChI is InChI=1S/C25H40N4O3/c1-18(2)19-8-10-20(11-9-19)28-14-12-21(13-15-28)29-23-7-4-3-6-22(23)24(25(29)30)27-32-17-5-16-31-26/h3-4,6-7,18-21,25,30H,5,8-17,26H2,1-2H3/b27-24-. The van der Waals surface area contributed by atoms with Crippen LogP contribution in [0.5, 0.6) is 0 Å². The van der Waals surface area contributed by atoms with E-state index in [1.54, 1.807) is 0 Å². The monoisotopic (exact) mass is 444 g/mol. The molecular formula is C25H40N4O3. The van der Waals surface area contributed by atoms with Crippen LogP contribution in [0.15, 0.2) is 29.4 Å². The minimum Gasteiger partial charge on any atom is -0.395 e. The summed E-state index contributed by atoms with van der Waals surface area (Å²) in [6, 6.07) is 9.18. The first-order valence-electron chi connectivity index (χ1n) is 12.4. The molecule has 3 N–H and O–H groups in total. The molecule has 1 aliphatic carbocycles. The Bertz CT molecular complexity index is 755. The topological polar surface area (TPSA) is 83.5 Å². The maximum atomic E-state index is 11.2. The van der Waals surface area contributed by atoms with Crippen molar-refractivity contribution in [3.63, 3.8) is 0 Å². The summed E-state index contributed by atoms with van der Waals surface area (Å²) in [6.07, 6.45) is 7.45. The molecule has 2 fully saturated rings. The van der Waals surface area contributed by atoms with Gasteiger partial charge in [0, 0.05) is 42.8 Å². The quantitative estimate of drug-likeness (QED) is 0.472. The van der Waals surface area contributed by atoms with Crippen LogP contribution >= 0.6 is 0 Å². The predicted octanol–water partition coefficient (Wildman–Crippen LogP) is 3.51. The number of aliphatic hydroxyl groups excluding tert-OH is 1. The molecule has 2 aliphatic heterocycles. The Morgan fingerprint density at radius 3 is 2.44 bits per heavy atom. The molecule has 0 bridgehead atoms. The lowest BCUT2D eigenvalue weighted by molar-refractivity contribution is 0.0835. The minimum atomic E-state index is -0.767. The highest BCUT2D eigenvalue weighted by Gasteiger charge is 2.40. The average Bonchev–Trinajstić information content (AvgIpc) is 3.10. The van der Waals surface area contributed by atoms with Crippen LogP contribution in [-0.2, 0) is 9.68 Å². The van der Waals surface area contributed by atoms with Gasteiger partial charge in [-0.1, -0.05) is 37.2 Å². The van der Waals surface area contributed by atoms with E-state index in [1.807, 2.05) is 18.2 Å². The zero-order valence-electron chi connectivity index (χ0n) is 19.7. The van der Waals surface area contributed by atoms with E-state index in [9.17, 15) is 5.11 Å². The van der Waals surface area contributed by atoms with Crippen LogP contribution in [0.3, 0.4) is 0 Å². The van der Waals surface area contributed by atoms with Gasteiger partial charge in [-0.05, 0) is 56.4 Å². The van der Waals surface area contributed by atoms with Gasteiger partial charge in [0.2, 0.25) is 0 Å². The van der Waals surface area contributed by atoms with Crippen molar-refractivity contribution in [1.82, 2.24) is 4.90 Å². The summed E-state index contributed by atoms with van der Waals surface area (Å²) in [7, 11) is 0. The molecule has 0 aromatic heterocycles. The van der Waals surface area contributed by atoms with Gasteiger partial charge < -0.3 is 24.6 Å². The molecule has 0 amide bonds. The van der Waals surface area contributed by atoms with Crippen molar-refractivity contribution in [2.24, 2.45) is 22.9 Å². The fourth-order valence-electron chi connectivity index (χ4n) is 5.80. The van der Waals surface area contributed by atoms with Crippen molar-refractivity contribution in [3.05, 3.63) is 29.8 Å². The largest absolute Gasteiger partial charge is 0.395 e. The van der Waals surface area contributed by atoms with Crippen molar-refractivity contribution >= 4 is 11.4 Å². The van der Waals surface area contributed by atoms with E-state index in [0.29, 0.717) is 31.4 Å². The number of aliphatic hydroxyl groups is 1. The zero-order chi connectivity index (χ0) is 22.5. The molecule has 1 saturated carbocycles. The van der Waals surface area contributed by atoms with Gasteiger partial charge in [0.1, 0.15) is 12.3 Å². The summed E-state index contributed by atoms with van der Waals surface area (Å²) in [5, 5.41) is 15.5. The Hall–Kier alpha value is -1.67. The number of fused-ring (bicyclic) bond motifs is 1. The predicted molar refractivity (Wildman–Crippen MR) is 127 cm³/mol. The second kappa shape index (κ2) is 11.0. The zero-order valence-corrected chi connectivity index (χ0v) is 19.7. The van der Waals surface area contributed by atoms with Crippen LogP contribution in [0.2, 0.25) is 0 Å². The highest BCUT2D eigenvalue weighted by Crippen LogP contribution is 2.38. The number of rotatable bonds is 8. The van der Waals surface area contributed by atoms with Crippen LogP contribution in [0.1, 0.15) is 64.4 Å². The van der Waals surface area contributed by atoms with Gasteiger partial charge in [0.05, 0.1) is 6.61 Å². The van der Waals surface area contributed by atoms with E-state index in [4.69, 9.17) is 10.7 Å². The van der Waals surface area contributed by atoms with Gasteiger partial charge >= 0.3 is 0 Å². The number of para-hydroxylation sites is 1. The number of nitrogens with two attached hydrogens (primary N) is 1. The van der Waals surface area contributed by atoms with Crippen molar-refractivity contribution in [1.29, 1.82) is 0 Å². The van der Waals surface area contributed by atoms with Crippen molar-refractivity contribution in [3.8, 4) is 0 Å². The van der Waals surface area contributed by atoms with E-state index in [2.05, 4.69) is 39.7 Å². The molecule has 3 aliphatic rings. The van der Waals surface area contributed by atoms with Crippen LogP contribution in [0.25, 0.3) is 0 Å². The number of oxime groups is 1. The summed E-state index contributed by atoms with van der Waals surface area (Å²) in [5.74, 6) is 6.77. The Morgan fingerprint density at radius 2 is 1.75 bits per heavy atom. The molecule has 1 unspecified atom stereocenters. The fraction of sp³-hybridized carbons (Fsp3) is 0.720. The molecule has 1 aromatic rings. The van der Waals surface area contributed by atoms with Gasteiger partial charge in [-0.15, -0.1) is 0 Å². The van der Waals surface area contributed by atoms with Crippen LogP contribution in [0, 0.1) is 11.8 Å². The Labute approximate surface area is 192 Å². The molecule has 1 atom stereocenters. The lowest BCUT2D eigenvalue weighted by atomic mass is 9.79. The first-order chi connectivity index (χ1) is 15.6. The van der Waals surface area contributed by atoms with Gasteiger partial charge in [0.15, 0.2) is 6.23 Å². The second-order valence-corrected chi connectivity index (χ2v) is 9.91. The molecule has 178 valence electrons. The van der Waals surface area contributed by atoms with E-state index in [-0.39, 0.29) is 0 Å². The molecule has 4 rings (SSSR count). The SMILES string of the molecule is CC(C)C1CCC(N2CCC(N3c4ccccc4/C(=N/OCCCON)C3O)CC2)CC1. The van der Waals surface area contributed by atoms with E-state index in [0.717, 1.165) is 55.1 Å². The van der Waals surface area contributed by atoms with E-state index >= 15 is 0 Å². The molecule has 0 radical (unpaired) electrons. The normalized spacial score (nSPS) is 28.5. The lowest BCUT2D eigenvalue weighted by Gasteiger charge is -2.44. The molecule has 0 spiro atoms. The number of hydrogen-bond donors (Lipinski definition) is 2. The second-order valence-electron chi connectivity index (χ2n) is 9.91. The number of likely N-dealkylation sites (tertiary alicyclic amines) is 1. The Balaban J connectivity index is 1.36. The van der Waals surface area contributed by atoms with Gasteiger partial charge in [0.25, 0.3) is 0 Å². The lowest BCUT2D eigenvalue weighted by Crippen LogP contribution is -2.51. The van der Waals surface area contributed by atoms with Gasteiger partial charge in [-0.3, -0.25) is 0 Å². The van der Waals surface area contributed by atoms with Crippen LogP contribution in [-0.4, -0.2) is 60.3 Å². The smallest absolute Gasteiger partial charge is 0.174 e. The summed E-state index contributed by atoms with van der Waals surface area (Å²) in [4.78, 5) is 14.9. The molecule has 7 nitrogen and oxygen atoms in total. The fourth-order valence-corrected chi connectivity index (χ4v) is 5.80. The molecule has 7 heteroatoms. The molecule has 2 heterocycles. The summed E-state index contributed by atoms with van der Waals surface area (Å²) >= 11 is 0. The highest BCUT2D eigenvalue weighted by molar-refractivity contribution is 6.13. The summed E-state index contributed by atoms with van der Waals surface area (Å²) in [5.41, 5.74) is 2.62. The third kappa shape index (κ3) is 5.11.